The van der Waals surface area contributed by atoms with E-state index < -0.39 is 0 Å². The molecule has 2 rings (SSSR count). The van der Waals surface area contributed by atoms with Crippen molar-refractivity contribution in [2.75, 3.05) is 0 Å². The van der Waals surface area contributed by atoms with Gasteiger partial charge in [-0.25, -0.2) is 9.37 Å². The number of hydrogen-bond acceptors (Lipinski definition) is 2. The van der Waals surface area contributed by atoms with E-state index in [1.54, 1.807) is 30.3 Å². The molecule has 0 aliphatic heterocycles. The Kier molecular flexibility index (Phi) is 4.39. The lowest BCUT2D eigenvalue weighted by Crippen LogP contribution is -2.00. The molecule has 2 aromatic rings. The second-order valence-corrected chi connectivity index (χ2v) is 4.27. The number of aromatic nitrogens is 1. The third kappa shape index (κ3) is 3.12. The zero-order chi connectivity index (χ0) is 13.0. The summed E-state index contributed by atoms with van der Waals surface area (Å²) in [5.74, 6) is 0.276. The average Bonchev–Trinajstić information content (AvgIpc) is 2.39. The molecule has 0 aliphatic carbocycles. The molecule has 0 saturated heterocycles. The maximum Gasteiger partial charge on any atom is 0.213 e. The van der Waals surface area contributed by atoms with Crippen LogP contribution >= 0.6 is 23.2 Å². The Morgan fingerprint density at radius 2 is 1.94 bits per heavy atom. The van der Waals surface area contributed by atoms with Crippen LogP contribution in [-0.2, 0) is 12.5 Å². The number of nitrogens with zero attached hydrogens (tertiary/aromatic N) is 1. The lowest BCUT2D eigenvalue weighted by Gasteiger charge is -2.07. The Morgan fingerprint density at radius 3 is 2.67 bits per heavy atom. The van der Waals surface area contributed by atoms with Crippen LogP contribution in [0, 0.1) is 5.82 Å². The first-order valence-corrected chi connectivity index (χ1v) is 6.19. The molecule has 0 amide bonds. The smallest absolute Gasteiger partial charge is 0.213 e. The molecule has 0 unspecified atom stereocenters. The van der Waals surface area contributed by atoms with E-state index in [1.165, 1.54) is 6.07 Å². The Morgan fingerprint density at radius 1 is 1.17 bits per heavy atom. The highest BCUT2D eigenvalue weighted by molar-refractivity contribution is 6.32. The van der Waals surface area contributed by atoms with Crippen LogP contribution in [0.3, 0.4) is 0 Å². The second-order valence-electron chi connectivity index (χ2n) is 3.59. The van der Waals surface area contributed by atoms with Gasteiger partial charge < -0.3 is 4.74 Å². The summed E-state index contributed by atoms with van der Waals surface area (Å²) < 4.78 is 18.8. The largest absolute Gasteiger partial charge is 0.473 e. The van der Waals surface area contributed by atoms with Crippen LogP contribution in [0.2, 0.25) is 5.02 Å². The van der Waals surface area contributed by atoms with E-state index in [2.05, 4.69) is 4.98 Å². The van der Waals surface area contributed by atoms with Crippen molar-refractivity contribution in [3.63, 3.8) is 0 Å². The van der Waals surface area contributed by atoms with Gasteiger partial charge in [-0.3, -0.25) is 0 Å². The van der Waals surface area contributed by atoms with Gasteiger partial charge in [0.05, 0.1) is 16.6 Å². The summed E-state index contributed by atoms with van der Waals surface area (Å²) in [6.07, 6.45) is 0. The molecular formula is C13H10Cl2FNO. The number of benzene rings is 1. The molecule has 0 atom stereocenters. The number of rotatable bonds is 4. The lowest BCUT2D eigenvalue weighted by atomic mass is 10.2. The first-order valence-electron chi connectivity index (χ1n) is 5.28. The fourth-order valence-electron chi connectivity index (χ4n) is 1.41. The summed E-state index contributed by atoms with van der Waals surface area (Å²) in [5, 5.41) is 0.489. The van der Waals surface area contributed by atoms with Gasteiger partial charge in [0.15, 0.2) is 0 Å². The van der Waals surface area contributed by atoms with E-state index in [-0.39, 0.29) is 18.3 Å². The molecule has 5 heteroatoms. The standard InChI is InChI=1S/C13H10Cl2FNO/c14-7-12-10(15)5-6-13(17-12)18-8-9-3-1-2-4-11(9)16/h1-6H,7-8H2. The maximum atomic E-state index is 13.4. The van der Waals surface area contributed by atoms with Gasteiger partial charge in [0.2, 0.25) is 5.88 Å². The molecule has 1 heterocycles. The van der Waals surface area contributed by atoms with Crippen LogP contribution in [0.1, 0.15) is 11.3 Å². The van der Waals surface area contributed by atoms with Gasteiger partial charge in [-0.15, -0.1) is 11.6 Å². The van der Waals surface area contributed by atoms with Crippen molar-refractivity contribution in [1.82, 2.24) is 4.98 Å². The van der Waals surface area contributed by atoms with Gasteiger partial charge in [0, 0.05) is 11.6 Å². The Balaban J connectivity index is 2.09. The monoisotopic (exact) mass is 285 g/mol. The van der Waals surface area contributed by atoms with Gasteiger partial charge >= 0.3 is 0 Å². The number of hydrogen-bond donors (Lipinski definition) is 0. The molecule has 0 spiro atoms. The predicted molar refractivity (Wildman–Crippen MR) is 69.5 cm³/mol. The minimum absolute atomic E-state index is 0.114. The second kappa shape index (κ2) is 6.03. The summed E-state index contributed by atoms with van der Waals surface area (Å²) in [6, 6.07) is 9.71. The highest BCUT2D eigenvalue weighted by Gasteiger charge is 2.05. The highest BCUT2D eigenvalue weighted by Crippen LogP contribution is 2.20. The Hall–Kier alpha value is -1.32. The molecule has 0 saturated carbocycles. The number of pyridine rings is 1. The van der Waals surface area contributed by atoms with Crippen molar-refractivity contribution in [3.8, 4) is 5.88 Å². The van der Waals surface area contributed by atoms with Crippen molar-refractivity contribution < 1.29 is 9.13 Å². The Labute approximate surface area is 114 Å². The van der Waals surface area contributed by atoms with Crippen molar-refractivity contribution >= 4 is 23.2 Å². The van der Waals surface area contributed by atoms with Gasteiger partial charge in [0.1, 0.15) is 12.4 Å². The van der Waals surface area contributed by atoms with E-state index >= 15 is 0 Å². The van der Waals surface area contributed by atoms with Crippen LogP contribution < -0.4 is 4.74 Å². The van der Waals surface area contributed by atoms with E-state index in [9.17, 15) is 4.39 Å². The van der Waals surface area contributed by atoms with E-state index in [0.29, 0.717) is 22.2 Å². The number of alkyl halides is 1. The fraction of sp³-hybridized carbons (Fsp3) is 0.154. The SMILES string of the molecule is Fc1ccccc1COc1ccc(Cl)c(CCl)n1. The maximum absolute atomic E-state index is 13.4. The summed E-state index contributed by atoms with van der Waals surface area (Å²) in [7, 11) is 0. The van der Waals surface area contributed by atoms with Gasteiger partial charge in [-0.2, -0.15) is 0 Å². The van der Waals surface area contributed by atoms with Crippen molar-refractivity contribution in [3.05, 3.63) is 58.5 Å². The minimum atomic E-state index is -0.302. The molecule has 0 aliphatic rings. The Bertz CT molecular complexity index is 548. The lowest BCUT2D eigenvalue weighted by molar-refractivity contribution is 0.287. The van der Waals surface area contributed by atoms with Crippen molar-refractivity contribution in [2.24, 2.45) is 0 Å². The highest BCUT2D eigenvalue weighted by atomic mass is 35.5. The third-order valence-corrected chi connectivity index (χ3v) is 2.95. The zero-order valence-electron chi connectivity index (χ0n) is 9.37. The zero-order valence-corrected chi connectivity index (χ0v) is 10.9. The summed E-state index contributed by atoms with van der Waals surface area (Å²) >= 11 is 11.6. The average molecular weight is 286 g/mol. The van der Waals surface area contributed by atoms with Gasteiger partial charge in [-0.1, -0.05) is 29.8 Å². The van der Waals surface area contributed by atoms with Crippen LogP contribution in [0.15, 0.2) is 36.4 Å². The molecule has 94 valence electrons. The van der Waals surface area contributed by atoms with E-state index in [0.717, 1.165) is 0 Å². The molecule has 2 nitrogen and oxygen atoms in total. The summed E-state index contributed by atoms with van der Waals surface area (Å²) in [5.41, 5.74) is 1.02. The van der Waals surface area contributed by atoms with Crippen LogP contribution in [0.4, 0.5) is 4.39 Å². The first-order chi connectivity index (χ1) is 8.70. The molecule has 0 bridgehead atoms. The molecular weight excluding hydrogens is 276 g/mol. The normalized spacial score (nSPS) is 10.4. The summed E-state index contributed by atoms with van der Waals surface area (Å²) in [6.45, 7) is 0.114. The predicted octanol–water partition coefficient (Wildman–Crippen LogP) is 4.19. The van der Waals surface area contributed by atoms with Crippen LogP contribution in [0.5, 0.6) is 5.88 Å². The molecule has 0 fully saturated rings. The summed E-state index contributed by atoms with van der Waals surface area (Å²) in [4.78, 5) is 4.13. The molecule has 1 aromatic carbocycles. The van der Waals surface area contributed by atoms with Crippen LogP contribution in [-0.4, -0.2) is 4.98 Å². The first kappa shape index (κ1) is 13.1. The van der Waals surface area contributed by atoms with Crippen molar-refractivity contribution in [1.29, 1.82) is 0 Å². The van der Waals surface area contributed by atoms with E-state index in [1.807, 2.05) is 0 Å². The topological polar surface area (TPSA) is 22.1 Å². The molecule has 0 radical (unpaired) electrons. The molecule has 18 heavy (non-hydrogen) atoms. The third-order valence-electron chi connectivity index (χ3n) is 2.35. The molecule has 0 N–H and O–H groups in total. The quantitative estimate of drug-likeness (QED) is 0.786. The van der Waals surface area contributed by atoms with Crippen LogP contribution in [0.25, 0.3) is 0 Å². The van der Waals surface area contributed by atoms with Gasteiger partial charge in [-0.05, 0) is 12.1 Å². The van der Waals surface area contributed by atoms with E-state index in [4.69, 9.17) is 27.9 Å². The molecule has 1 aromatic heterocycles. The minimum Gasteiger partial charge on any atom is -0.473 e. The van der Waals surface area contributed by atoms with Crippen molar-refractivity contribution in [2.45, 2.75) is 12.5 Å². The number of halogens is 3. The number of ether oxygens (including phenoxy) is 1. The van der Waals surface area contributed by atoms with Gasteiger partial charge in [0.25, 0.3) is 0 Å². The fourth-order valence-corrected chi connectivity index (χ4v) is 1.85.